The number of methoxy groups -OCH3 is 3. The molecule has 3 aromatic rings. The van der Waals surface area contributed by atoms with E-state index in [1.165, 1.54) is 17.6 Å². The summed E-state index contributed by atoms with van der Waals surface area (Å²) in [6, 6.07) is 20.7. The minimum atomic E-state index is -0.985. The highest BCUT2D eigenvalue weighted by atomic mass is 16.5. The molecule has 2 amide bonds. The molecule has 1 aliphatic heterocycles. The second-order valence-electron chi connectivity index (χ2n) is 9.41. The maximum Gasteiger partial charge on any atom is 0.407 e. The Bertz CT molecular complexity index is 1280. The lowest BCUT2D eigenvalue weighted by Gasteiger charge is -2.40. The number of piperazine rings is 1. The van der Waals surface area contributed by atoms with Gasteiger partial charge in [0.25, 0.3) is 5.91 Å². The van der Waals surface area contributed by atoms with Gasteiger partial charge in [0.1, 0.15) is 17.2 Å². The van der Waals surface area contributed by atoms with Crippen LogP contribution in [-0.2, 0) is 13.0 Å². The zero-order valence-electron chi connectivity index (χ0n) is 22.6. The van der Waals surface area contributed by atoms with Crippen LogP contribution in [-0.4, -0.2) is 80.5 Å². The van der Waals surface area contributed by atoms with Crippen molar-refractivity contribution < 1.29 is 28.9 Å². The van der Waals surface area contributed by atoms with Crippen molar-refractivity contribution in [3.8, 4) is 17.2 Å². The van der Waals surface area contributed by atoms with Crippen molar-refractivity contribution in [3.63, 3.8) is 0 Å². The number of carbonyl (C=O) groups excluding carboxylic acids is 1. The highest BCUT2D eigenvalue weighted by molar-refractivity contribution is 5.97. The second-order valence-corrected chi connectivity index (χ2v) is 9.41. The van der Waals surface area contributed by atoms with Crippen molar-refractivity contribution in [1.29, 1.82) is 0 Å². The molecular formula is C30H35N3O6. The third-order valence-electron chi connectivity index (χ3n) is 6.98. The Labute approximate surface area is 228 Å². The van der Waals surface area contributed by atoms with Crippen LogP contribution in [0.15, 0.2) is 66.7 Å². The Morgan fingerprint density at radius 2 is 1.72 bits per heavy atom. The molecule has 9 heteroatoms. The van der Waals surface area contributed by atoms with Gasteiger partial charge < -0.3 is 29.5 Å². The zero-order valence-corrected chi connectivity index (χ0v) is 22.6. The van der Waals surface area contributed by atoms with Gasteiger partial charge in [-0.05, 0) is 28.8 Å². The molecule has 3 aromatic carbocycles. The highest BCUT2D eigenvalue weighted by Crippen LogP contribution is 2.31. The second kappa shape index (κ2) is 13.0. The van der Waals surface area contributed by atoms with Gasteiger partial charge in [-0.15, -0.1) is 0 Å². The van der Waals surface area contributed by atoms with Crippen molar-refractivity contribution in [3.05, 3.63) is 89.0 Å². The molecule has 0 radical (unpaired) electrons. The van der Waals surface area contributed by atoms with Gasteiger partial charge in [-0.3, -0.25) is 9.69 Å². The van der Waals surface area contributed by atoms with E-state index in [9.17, 15) is 14.7 Å². The Morgan fingerprint density at radius 1 is 0.923 bits per heavy atom. The highest BCUT2D eigenvalue weighted by Gasteiger charge is 2.31. The van der Waals surface area contributed by atoms with Gasteiger partial charge in [-0.1, -0.05) is 48.5 Å². The van der Waals surface area contributed by atoms with E-state index >= 15 is 0 Å². The lowest BCUT2D eigenvalue weighted by Crippen LogP contribution is -2.58. The summed E-state index contributed by atoms with van der Waals surface area (Å²) in [5, 5.41) is 12.7. The monoisotopic (exact) mass is 533 g/mol. The van der Waals surface area contributed by atoms with E-state index in [1.54, 1.807) is 20.3 Å². The molecule has 39 heavy (non-hydrogen) atoms. The van der Waals surface area contributed by atoms with Gasteiger partial charge in [-0.25, -0.2) is 4.79 Å². The predicted octanol–water partition coefficient (Wildman–Crippen LogP) is 3.90. The van der Waals surface area contributed by atoms with Gasteiger partial charge in [0.2, 0.25) is 0 Å². The van der Waals surface area contributed by atoms with E-state index in [4.69, 9.17) is 14.2 Å². The van der Waals surface area contributed by atoms with Crippen LogP contribution in [0.25, 0.3) is 0 Å². The molecule has 2 N–H and O–H groups in total. The van der Waals surface area contributed by atoms with Crippen LogP contribution in [0, 0.1) is 0 Å². The molecule has 0 saturated carbocycles. The SMILES string of the molecule is COc1ccc(Cc2cccc(C(=O)NC[C@H]3CN(Cc4ccccc4)CCN3C(=O)O)c2OC)c(OC)c1. The van der Waals surface area contributed by atoms with Crippen LogP contribution in [0.3, 0.4) is 0 Å². The number of ether oxygens (including phenoxy) is 3. The maximum atomic E-state index is 13.3. The van der Waals surface area contributed by atoms with Gasteiger partial charge in [-0.2, -0.15) is 0 Å². The number of benzene rings is 3. The van der Waals surface area contributed by atoms with E-state index in [0.717, 1.165) is 17.7 Å². The fourth-order valence-corrected chi connectivity index (χ4v) is 4.98. The molecule has 206 valence electrons. The lowest BCUT2D eigenvalue weighted by molar-refractivity contribution is 0.0616. The summed E-state index contributed by atoms with van der Waals surface area (Å²) in [6.07, 6.45) is -0.497. The molecule has 0 aromatic heterocycles. The normalized spacial score (nSPS) is 15.5. The van der Waals surface area contributed by atoms with Crippen molar-refractivity contribution in [1.82, 2.24) is 15.1 Å². The summed E-state index contributed by atoms with van der Waals surface area (Å²) in [6.45, 7) is 2.46. The van der Waals surface area contributed by atoms with Gasteiger partial charge in [0.15, 0.2) is 0 Å². The first-order valence-corrected chi connectivity index (χ1v) is 12.8. The quantitative estimate of drug-likeness (QED) is 0.408. The summed E-state index contributed by atoms with van der Waals surface area (Å²) in [5.41, 5.74) is 3.31. The topological polar surface area (TPSA) is 101 Å². The summed E-state index contributed by atoms with van der Waals surface area (Å²) in [7, 11) is 4.74. The van der Waals surface area contributed by atoms with Crippen molar-refractivity contribution in [2.24, 2.45) is 0 Å². The molecule has 0 bridgehead atoms. The third-order valence-corrected chi connectivity index (χ3v) is 6.98. The Balaban J connectivity index is 1.47. The standard InChI is InChI=1S/C30H35N3O6/c1-37-25-13-12-22(27(17-25)38-2)16-23-10-7-11-26(28(23)39-3)29(34)31-18-24-20-32(14-15-33(24)30(35)36)19-21-8-5-4-6-9-21/h4-13,17,24H,14-16,18-20H2,1-3H3,(H,31,34)(H,35,36)/t24-/m0/s1. The van der Waals surface area contributed by atoms with E-state index in [-0.39, 0.29) is 18.5 Å². The number of para-hydroxylation sites is 1. The first-order chi connectivity index (χ1) is 18.9. The fourth-order valence-electron chi connectivity index (χ4n) is 4.98. The molecule has 1 saturated heterocycles. The maximum absolute atomic E-state index is 13.3. The molecule has 0 spiro atoms. The molecule has 1 heterocycles. The number of hydrogen-bond donors (Lipinski definition) is 2. The number of carbonyl (C=O) groups is 2. The molecule has 0 unspecified atom stereocenters. The average Bonchev–Trinajstić information content (AvgIpc) is 2.96. The minimum Gasteiger partial charge on any atom is -0.497 e. The van der Waals surface area contributed by atoms with E-state index in [0.29, 0.717) is 48.9 Å². The minimum absolute atomic E-state index is 0.191. The number of nitrogens with zero attached hydrogens (tertiary/aromatic N) is 2. The lowest BCUT2D eigenvalue weighted by atomic mass is 10.00. The van der Waals surface area contributed by atoms with Crippen LogP contribution < -0.4 is 19.5 Å². The fraction of sp³-hybridized carbons (Fsp3) is 0.333. The molecule has 0 aliphatic carbocycles. The Kier molecular flexibility index (Phi) is 9.27. The van der Waals surface area contributed by atoms with Gasteiger partial charge in [0, 0.05) is 45.2 Å². The predicted molar refractivity (Wildman–Crippen MR) is 148 cm³/mol. The van der Waals surface area contributed by atoms with Crippen LogP contribution >= 0.6 is 0 Å². The van der Waals surface area contributed by atoms with Crippen LogP contribution in [0.1, 0.15) is 27.0 Å². The van der Waals surface area contributed by atoms with Gasteiger partial charge in [0.05, 0.1) is 32.9 Å². The first-order valence-electron chi connectivity index (χ1n) is 12.8. The number of amides is 2. The molecular weight excluding hydrogens is 498 g/mol. The summed E-state index contributed by atoms with van der Waals surface area (Å²) < 4.78 is 16.5. The largest absolute Gasteiger partial charge is 0.497 e. The molecule has 4 rings (SSSR count). The van der Waals surface area contributed by atoms with E-state index in [2.05, 4.69) is 22.3 Å². The number of carboxylic acid groups (broad SMARTS) is 1. The van der Waals surface area contributed by atoms with Crippen molar-refractivity contribution in [2.75, 3.05) is 47.5 Å². The summed E-state index contributed by atoms with van der Waals surface area (Å²) in [5.74, 6) is 1.52. The average molecular weight is 534 g/mol. The number of rotatable bonds is 10. The molecule has 1 aliphatic rings. The van der Waals surface area contributed by atoms with E-state index in [1.807, 2.05) is 48.5 Å². The van der Waals surface area contributed by atoms with Crippen LogP contribution in [0.5, 0.6) is 17.2 Å². The van der Waals surface area contributed by atoms with Crippen molar-refractivity contribution >= 4 is 12.0 Å². The number of hydrogen-bond acceptors (Lipinski definition) is 6. The third kappa shape index (κ3) is 6.80. The first kappa shape index (κ1) is 27.8. The molecule has 1 atom stereocenters. The van der Waals surface area contributed by atoms with Crippen LogP contribution in [0.2, 0.25) is 0 Å². The summed E-state index contributed by atoms with van der Waals surface area (Å²) >= 11 is 0. The Hall–Kier alpha value is -4.24. The Morgan fingerprint density at radius 3 is 2.41 bits per heavy atom. The van der Waals surface area contributed by atoms with E-state index < -0.39 is 6.09 Å². The zero-order chi connectivity index (χ0) is 27.8. The molecule has 9 nitrogen and oxygen atoms in total. The van der Waals surface area contributed by atoms with Crippen molar-refractivity contribution in [2.45, 2.75) is 19.0 Å². The smallest absolute Gasteiger partial charge is 0.407 e. The molecule has 1 fully saturated rings. The van der Waals surface area contributed by atoms with Gasteiger partial charge >= 0.3 is 6.09 Å². The number of nitrogens with one attached hydrogen (secondary N) is 1. The summed E-state index contributed by atoms with van der Waals surface area (Å²) in [4.78, 5) is 28.9. The van der Waals surface area contributed by atoms with Crippen LogP contribution in [0.4, 0.5) is 4.79 Å².